The van der Waals surface area contributed by atoms with Gasteiger partial charge in [0.05, 0.1) is 25.7 Å². The molecule has 0 spiro atoms. The molecule has 8 atom stereocenters. The number of carboxylic acid groups (broad SMARTS) is 8. The van der Waals surface area contributed by atoms with Gasteiger partial charge in [0.2, 0.25) is 0 Å². The van der Waals surface area contributed by atoms with E-state index in [4.69, 9.17) is 0 Å². The summed E-state index contributed by atoms with van der Waals surface area (Å²) in [7, 11) is 0. The summed E-state index contributed by atoms with van der Waals surface area (Å²) >= 11 is 0. The minimum atomic E-state index is -1.45. The second-order valence-corrected chi connectivity index (χ2v) is 17.0. The van der Waals surface area contributed by atoms with Crippen molar-refractivity contribution in [2.24, 2.45) is 34.5 Å². The maximum atomic E-state index is 12.6. The number of carboxylic acids is 8. The molecule has 12 N–H and O–H groups in total. The zero-order chi connectivity index (χ0) is 45.8. The number of hydrogen-bond acceptors (Lipinski definition) is 12. The van der Waals surface area contributed by atoms with Crippen LogP contribution in [-0.4, -0.2) is 101 Å². The van der Waals surface area contributed by atoms with E-state index in [9.17, 15) is 79.2 Å². The minimum absolute atomic E-state index is 0.0463. The summed E-state index contributed by atoms with van der Waals surface area (Å²) in [5.41, 5.74) is -0.681. The molecule has 20 nitrogen and oxygen atoms in total. The Labute approximate surface area is 354 Å². The van der Waals surface area contributed by atoms with Gasteiger partial charge in [-0.3, -0.25) is 38.4 Å². The van der Waals surface area contributed by atoms with E-state index < -0.39 is 139 Å². The molecule has 5 aliphatic rings. The average Bonchev–Trinajstić information content (AvgIpc) is 3.77. The topological polar surface area (TPSA) is 347 Å². The second kappa shape index (κ2) is 18.6. The summed E-state index contributed by atoms with van der Waals surface area (Å²) in [6.07, 6.45) is 2.16. The molecule has 0 aromatic carbocycles. The lowest BCUT2D eigenvalue weighted by atomic mass is 9.69. The Bertz CT molecular complexity index is 2130. The van der Waals surface area contributed by atoms with Crippen molar-refractivity contribution < 1.29 is 79.2 Å². The third kappa shape index (κ3) is 10.3. The Morgan fingerprint density at radius 3 is 1.77 bits per heavy atom. The van der Waals surface area contributed by atoms with Crippen LogP contribution in [0.1, 0.15) is 90.9 Å². The van der Waals surface area contributed by atoms with E-state index in [-0.39, 0.29) is 60.5 Å². The fourth-order valence-corrected chi connectivity index (χ4v) is 10.00. The fraction of sp³-hybridized carbons (Fsp3) is 0.524. The van der Waals surface area contributed by atoms with Crippen LogP contribution in [0, 0.1) is 34.5 Å². The number of nitrogens with one attached hydrogen (secondary N) is 4. The maximum absolute atomic E-state index is 12.6. The summed E-state index contributed by atoms with van der Waals surface area (Å²) in [5, 5.41) is 93.1. The Kier molecular flexibility index (Phi) is 13.9. The molecule has 0 aromatic heterocycles. The van der Waals surface area contributed by atoms with Gasteiger partial charge in [0, 0.05) is 94.6 Å². The Morgan fingerprint density at radius 1 is 0.581 bits per heavy atom. The molecule has 0 radical (unpaired) electrons. The molecule has 0 aromatic rings. The molecule has 2 unspecified atom stereocenters. The van der Waals surface area contributed by atoms with Gasteiger partial charge in [0.25, 0.3) is 0 Å². The Morgan fingerprint density at radius 2 is 1.19 bits per heavy atom. The summed E-state index contributed by atoms with van der Waals surface area (Å²) < 4.78 is 0. The SMILES string of the molecule is C[C@]1(CC(=O)O)C(CCC(=O)O)=C2/C=C3\NC(/C=C4\NC(=C(CC(=O)O)[C@H]4CCC(=O)O)/C=C4\NC(/C=C/1N2)[C@@H](CCC(=O)O)[C@]4(C)CC(=O)O)[C@H](CCC(=O)O)[C@@H]3CC(=O)O. The van der Waals surface area contributed by atoms with Gasteiger partial charge in [-0.1, -0.05) is 6.92 Å². The fourth-order valence-electron chi connectivity index (χ4n) is 10.00. The van der Waals surface area contributed by atoms with Gasteiger partial charge in [0.1, 0.15) is 0 Å². The van der Waals surface area contributed by atoms with Crippen molar-refractivity contribution in [2.75, 3.05) is 0 Å². The third-order valence-electron chi connectivity index (χ3n) is 12.8. The zero-order valence-electron chi connectivity index (χ0n) is 34.1. The molecule has 20 heteroatoms. The van der Waals surface area contributed by atoms with Crippen molar-refractivity contribution in [3.05, 3.63) is 69.6 Å². The van der Waals surface area contributed by atoms with Crippen LogP contribution in [0.2, 0.25) is 0 Å². The van der Waals surface area contributed by atoms with E-state index in [1.54, 1.807) is 32.1 Å². The predicted molar refractivity (Wildman–Crippen MR) is 213 cm³/mol. The highest BCUT2D eigenvalue weighted by Gasteiger charge is 2.52. The highest BCUT2D eigenvalue weighted by Crippen LogP contribution is 2.53. The van der Waals surface area contributed by atoms with E-state index >= 15 is 0 Å². The van der Waals surface area contributed by atoms with Crippen molar-refractivity contribution >= 4 is 47.8 Å². The average molecular weight is 869 g/mol. The van der Waals surface area contributed by atoms with Crippen LogP contribution < -0.4 is 21.3 Å². The van der Waals surface area contributed by atoms with Crippen LogP contribution in [-0.2, 0) is 38.4 Å². The lowest BCUT2D eigenvalue weighted by Gasteiger charge is -2.32. The van der Waals surface area contributed by atoms with Crippen molar-refractivity contribution in [3.8, 4) is 0 Å². The summed E-state index contributed by atoms with van der Waals surface area (Å²) in [6.45, 7) is 3.21. The number of aliphatic carboxylic acids is 8. The van der Waals surface area contributed by atoms with Gasteiger partial charge in [0.15, 0.2) is 0 Å². The first-order valence-electron chi connectivity index (χ1n) is 20.2. The molecule has 0 saturated carbocycles. The number of hydrogen-bond donors (Lipinski definition) is 12. The monoisotopic (exact) mass is 868 g/mol. The first-order valence-corrected chi connectivity index (χ1v) is 20.2. The van der Waals surface area contributed by atoms with Crippen molar-refractivity contribution in [1.82, 2.24) is 21.3 Å². The normalized spacial score (nSPS) is 32.0. The van der Waals surface area contributed by atoms with Gasteiger partial charge in [-0.25, -0.2) is 0 Å². The van der Waals surface area contributed by atoms with Crippen LogP contribution in [0.25, 0.3) is 0 Å². The van der Waals surface area contributed by atoms with Crippen molar-refractivity contribution in [1.29, 1.82) is 0 Å². The van der Waals surface area contributed by atoms with Gasteiger partial charge in [-0.05, 0) is 79.9 Å². The number of rotatable bonds is 20. The van der Waals surface area contributed by atoms with Crippen molar-refractivity contribution in [3.63, 3.8) is 0 Å². The first kappa shape index (κ1) is 46.5. The number of allylic oxidation sites excluding steroid dienone is 6. The molecular weight excluding hydrogens is 816 g/mol. The quantitative estimate of drug-likeness (QED) is 0.0836. The van der Waals surface area contributed by atoms with Gasteiger partial charge in [-0.2, -0.15) is 0 Å². The van der Waals surface area contributed by atoms with E-state index in [0.29, 0.717) is 17.0 Å². The van der Waals surface area contributed by atoms with Crippen LogP contribution in [0.4, 0.5) is 0 Å². The van der Waals surface area contributed by atoms with E-state index in [0.717, 1.165) is 0 Å². The molecule has 0 aliphatic carbocycles. The molecular formula is C42H52N4O16. The summed E-state index contributed by atoms with van der Waals surface area (Å²) in [5.74, 6) is -13.0. The highest BCUT2D eigenvalue weighted by atomic mass is 16.4. The smallest absolute Gasteiger partial charge is 0.307 e. The van der Waals surface area contributed by atoms with Crippen LogP contribution in [0.5, 0.6) is 0 Å². The molecule has 336 valence electrons. The molecule has 0 amide bonds. The largest absolute Gasteiger partial charge is 0.481 e. The molecule has 2 saturated heterocycles. The number of fused-ring (bicyclic) bond motifs is 8. The Balaban J connectivity index is 1.89. The standard InChI is InChI=1S/C42H52N4O16/c1-41(17-39(59)60)23(5-9-35(51)52)29-14-27-21(11-37(55)56)19(3-7-33(47)48)25(43-27)13-26-20(4-8-34(49)50)22(12-38(57)58)28(44-26)15-31-42(2,18-40(61)62)24(6-10-36(53)54)30(46-31)16-32(41)45-29/h13-16,19-21,24-25,30,43-46H,3-12,17-18H2,1-2H3,(H,47,48)(H,49,50)(H,51,52)(H,53,54)(H,55,56)(H,57,58)(H,59,60)(H,61,62)/b26-13-,27-14-,31-15-,32-16-/t19-,20-,21+,24-,25?,30?,41+,42+/m1/s1. The van der Waals surface area contributed by atoms with E-state index in [1.807, 2.05) is 0 Å². The number of carbonyl (C=O) groups is 8. The molecule has 8 bridgehead atoms. The van der Waals surface area contributed by atoms with Crippen molar-refractivity contribution in [2.45, 2.75) is 103 Å². The maximum Gasteiger partial charge on any atom is 0.307 e. The zero-order valence-corrected chi connectivity index (χ0v) is 34.1. The van der Waals surface area contributed by atoms with Crippen LogP contribution in [0.3, 0.4) is 0 Å². The van der Waals surface area contributed by atoms with Gasteiger partial charge in [-0.15, -0.1) is 0 Å². The molecule has 5 rings (SSSR count). The van der Waals surface area contributed by atoms with Gasteiger partial charge >= 0.3 is 47.8 Å². The lowest BCUT2D eigenvalue weighted by Crippen LogP contribution is -2.34. The molecule has 2 fully saturated rings. The first-order chi connectivity index (χ1) is 29.0. The van der Waals surface area contributed by atoms with E-state index in [2.05, 4.69) is 21.3 Å². The lowest BCUT2D eigenvalue weighted by molar-refractivity contribution is -0.140. The third-order valence-corrected chi connectivity index (χ3v) is 12.8. The minimum Gasteiger partial charge on any atom is -0.481 e. The second-order valence-electron chi connectivity index (χ2n) is 17.0. The predicted octanol–water partition coefficient (Wildman–Crippen LogP) is 3.03. The van der Waals surface area contributed by atoms with E-state index in [1.165, 1.54) is 6.08 Å². The molecule has 5 heterocycles. The Hall–Kier alpha value is -6.60. The highest BCUT2D eigenvalue weighted by molar-refractivity contribution is 5.74. The summed E-state index contributed by atoms with van der Waals surface area (Å²) in [4.78, 5) is 98.1. The van der Waals surface area contributed by atoms with Crippen LogP contribution in [0.15, 0.2) is 69.6 Å². The summed E-state index contributed by atoms with van der Waals surface area (Å²) in [6, 6.07) is -1.75. The molecule has 5 aliphatic heterocycles. The van der Waals surface area contributed by atoms with Crippen LogP contribution >= 0.6 is 0 Å². The molecule has 62 heavy (non-hydrogen) atoms. The van der Waals surface area contributed by atoms with Gasteiger partial charge < -0.3 is 62.1 Å².